The molecule has 140 valence electrons. The molecule has 1 atom stereocenters. The Hall–Kier alpha value is -2.09. The number of anilines is 1. The van der Waals surface area contributed by atoms with Gasteiger partial charge in [0.1, 0.15) is 5.75 Å². The molecule has 0 aromatic heterocycles. The molecule has 0 heterocycles. The van der Waals surface area contributed by atoms with Crippen molar-refractivity contribution >= 4 is 33.2 Å². The number of nitrogens with zero attached hydrogens (tertiary/aromatic N) is 1. The van der Waals surface area contributed by atoms with Crippen LogP contribution in [0, 0.1) is 0 Å². The lowest BCUT2D eigenvalue weighted by molar-refractivity contribution is -0.118. The third-order valence-corrected chi connectivity index (χ3v) is 4.79. The van der Waals surface area contributed by atoms with Crippen molar-refractivity contribution in [3.05, 3.63) is 59.1 Å². The summed E-state index contributed by atoms with van der Waals surface area (Å²) in [4.78, 5) is 14.2. The van der Waals surface area contributed by atoms with E-state index in [1.54, 1.807) is 62.7 Å². The third kappa shape index (κ3) is 5.72. The minimum atomic E-state index is -3.50. The number of benzene rings is 2. The average molecular weight is 397 g/mol. The Kier molecular flexibility index (Phi) is 6.63. The number of hydrogen-bond acceptors (Lipinski definition) is 4. The normalized spacial score (nSPS) is 12.5. The molecule has 6 nitrogen and oxygen atoms in total. The molecule has 0 spiro atoms. The van der Waals surface area contributed by atoms with E-state index < -0.39 is 16.1 Å². The molecule has 8 heteroatoms. The summed E-state index contributed by atoms with van der Waals surface area (Å²) >= 11 is 5.89. The first kappa shape index (κ1) is 20.2. The smallest absolute Gasteiger partial charge is 0.228 e. The summed E-state index contributed by atoms with van der Waals surface area (Å²) in [6.07, 6.45) is 1.02. The number of amides is 1. The van der Waals surface area contributed by atoms with E-state index in [1.165, 1.54) is 4.90 Å². The Morgan fingerprint density at radius 2 is 1.88 bits per heavy atom. The van der Waals surface area contributed by atoms with Gasteiger partial charge in [-0.1, -0.05) is 29.8 Å². The maximum absolute atomic E-state index is 12.7. The molecular formula is C18H21ClN2O4S. The van der Waals surface area contributed by atoms with Gasteiger partial charge in [-0.15, -0.1) is 0 Å². The highest BCUT2D eigenvalue weighted by molar-refractivity contribution is 7.88. The zero-order valence-corrected chi connectivity index (χ0v) is 16.3. The van der Waals surface area contributed by atoms with E-state index >= 15 is 0 Å². The number of nitrogens with one attached hydrogen (secondary N) is 1. The van der Waals surface area contributed by atoms with Gasteiger partial charge in [0.25, 0.3) is 0 Å². The van der Waals surface area contributed by atoms with E-state index in [9.17, 15) is 13.2 Å². The summed E-state index contributed by atoms with van der Waals surface area (Å²) in [5.74, 6) is 0.389. The van der Waals surface area contributed by atoms with Gasteiger partial charge in [0, 0.05) is 30.2 Å². The van der Waals surface area contributed by atoms with Crippen LogP contribution in [0.15, 0.2) is 48.5 Å². The molecular weight excluding hydrogens is 376 g/mol. The monoisotopic (exact) mass is 396 g/mol. The van der Waals surface area contributed by atoms with Crippen LogP contribution in [-0.2, 0) is 14.8 Å². The van der Waals surface area contributed by atoms with Gasteiger partial charge in [0.15, 0.2) is 0 Å². The van der Waals surface area contributed by atoms with Gasteiger partial charge >= 0.3 is 0 Å². The molecule has 26 heavy (non-hydrogen) atoms. The fraction of sp³-hybridized carbons (Fsp3) is 0.278. The van der Waals surface area contributed by atoms with Gasteiger partial charge in [-0.25, -0.2) is 13.1 Å². The van der Waals surface area contributed by atoms with Crippen molar-refractivity contribution < 1.29 is 17.9 Å². The zero-order chi connectivity index (χ0) is 19.3. The number of carbonyl (C=O) groups excluding carboxylic acids is 1. The van der Waals surface area contributed by atoms with Crippen molar-refractivity contribution in [1.29, 1.82) is 0 Å². The van der Waals surface area contributed by atoms with Gasteiger partial charge in [0.05, 0.1) is 19.4 Å². The first-order valence-electron chi connectivity index (χ1n) is 7.83. The minimum absolute atomic E-state index is 0.0393. The summed E-state index contributed by atoms with van der Waals surface area (Å²) in [6, 6.07) is 13.1. The number of sulfonamides is 1. The molecule has 2 rings (SSSR count). The van der Waals surface area contributed by atoms with Crippen LogP contribution in [0.25, 0.3) is 0 Å². The van der Waals surface area contributed by atoms with Gasteiger partial charge in [-0.05, 0) is 29.8 Å². The van der Waals surface area contributed by atoms with Crippen molar-refractivity contribution in [3.63, 3.8) is 0 Å². The van der Waals surface area contributed by atoms with Crippen molar-refractivity contribution in [3.8, 4) is 5.75 Å². The van der Waals surface area contributed by atoms with E-state index in [-0.39, 0.29) is 12.3 Å². The van der Waals surface area contributed by atoms with Crippen molar-refractivity contribution in [1.82, 2.24) is 4.72 Å². The lowest BCUT2D eigenvalue weighted by Crippen LogP contribution is -2.34. The van der Waals surface area contributed by atoms with E-state index in [1.807, 2.05) is 0 Å². The van der Waals surface area contributed by atoms with Crippen LogP contribution in [0.2, 0.25) is 5.02 Å². The second-order valence-corrected chi connectivity index (χ2v) is 8.07. The van der Waals surface area contributed by atoms with Crippen LogP contribution >= 0.6 is 11.6 Å². The quantitative estimate of drug-likeness (QED) is 0.780. The van der Waals surface area contributed by atoms with Crippen LogP contribution in [0.4, 0.5) is 5.69 Å². The number of hydrogen-bond donors (Lipinski definition) is 1. The van der Waals surface area contributed by atoms with Crippen molar-refractivity contribution in [2.45, 2.75) is 12.5 Å². The summed E-state index contributed by atoms with van der Waals surface area (Å²) in [5.41, 5.74) is 1.32. The summed E-state index contributed by atoms with van der Waals surface area (Å²) in [7, 11) is -0.317. The van der Waals surface area contributed by atoms with Crippen LogP contribution < -0.4 is 14.4 Å². The lowest BCUT2D eigenvalue weighted by Gasteiger charge is -2.23. The number of carbonyl (C=O) groups is 1. The number of rotatable bonds is 7. The number of methoxy groups -OCH3 is 1. The molecule has 0 fully saturated rings. The molecule has 2 aromatic rings. The van der Waals surface area contributed by atoms with E-state index in [0.29, 0.717) is 22.0 Å². The number of halogens is 1. The minimum Gasteiger partial charge on any atom is -0.497 e. The fourth-order valence-corrected chi connectivity index (χ4v) is 3.32. The highest BCUT2D eigenvalue weighted by atomic mass is 35.5. The predicted octanol–water partition coefficient (Wildman–Crippen LogP) is 2.99. The molecule has 0 aliphatic rings. The Balaban J connectivity index is 2.23. The van der Waals surface area contributed by atoms with Gasteiger partial charge in [-0.2, -0.15) is 0 Å². The third-order valence-electron chi connectivity index (χ3n) is 3.82. The molecule has 2 aromatic carbocycles. The zero-order valence-electron chi connectivity index (χ0n) is 14.8. The maximum Gasteiger partial charge on any atom is 0.228 e. The van der Waals surface area contributed by atoms with Gasteiger partial charge in [-0.3, -0.25) is 4.79 Å². The highest BCUT2D eigenvalue weighted by Gasteiger charge is 2.22. The highest BCUT2D eigenvalue weighted by Crippen LogP contribution is 2.24. The SMILES string of the molecule is COc1cccc(N(C)C(=O)CC(NS(C)(=O)=O)c2ccc(Cl)cc2)c1. The Labute approximate surface area is 158 Å². The Bertz CT molecular complexity index is 869. The Morgan fingerprint density at radius 3 is 2.46 bits per heavy atom. The lowest BCUT2D eigenvalue weighted by atomic mass is 10.0. The van der Waals surface area contributed by atoms with Crippen molar-refractivity contribution in [2.24, 2.45) is 0 Å². The van der Waals surface area contributed by atoms with E-state index in [0.717, 1.165) is 6.26 Å². The van der Waals surface area contributed by atoms with Crippen LogP contribution in [0.5, 0.6) is 5.75 Å². The summed E-state index contributed by atoms with van der Waals surface area (Å²) in [6.45, 7) is 0. The summed E-state index contributed by atoms with van der Waals surface area (Å²) < 4.78 is 31.1. The molecule has 0 aliphatic heterocycles. The predicted molar refractivity (Wildman–Crippen MR) is 103 cm³/mol. The largest absolute Gasteiger partial charge is 0.497 e. The molecule has 0 aliphatic carbocycles. The fourth-order valence-electron chi connectivity index (χ4n) is 2.46. The first-order chi connectivity index (χ1) is 12.2. The van der Waals surface area contributed by atoms with E-state index in [2.05, 4.69) is 4.72 Å². The molecule has 1 N–H and O–H groups in total. The second kappa shape index (κ2) is 8.53. The molecule has 0 bridgehead atoms. The van der Waals surface area contributed by atoms with Crippen molar-refractivity contribution in [2.75, 3.05) is 25.3 Å². The Morgan fingerprint density at radius 1 is 1.23 bits per heavy atom. The standard InChI is InChI=1S/C18H21ClN2O4S/c1-21(15-5-4-6-16(11-15)25-2)18(22)12-17(20-26(3,23)24)13-7-9-14(19)10-8-13/h4-11,17,20H,12H2,1-3H3. The topological polar surface area (TPSA) is 75.7 Å². The molecule has 1 amide bonds. The summed E-state index contributed by atoms with van der Waals surface area (Å²) in [5, 5.41) is 0.534. The van der Waals surface area contributed by atoms with Crippen LogP contribution in [-0.4, -0.2) is 34.7 Å². The second-order valence-electron chi connectivity index (χ2n) is 5.85. The molecule has 0 saturated carbocycles. The van der Waals surface area contributed by atoms with Crippen LogP contribution in [0.3, 0.4) is 0 Å². The molecule has 0 radical (unpaired) electrons. The number of ether oxygens (including phenoxy) is 1. The maximum atomic E-state index is 12.7. The molecule has 0 saturated heterocycles. The van der Waals surface area contributed by atoms with E-state index in [4.69, 9.17) is 16.3 Å². The van der Waals surface area contributed by atoms with Gasteiger partial charge in [0.2, 0.25) is 15.9 Å². The van der Waals surface area contributed by atoms with Gasteiger partial charge < -0.3 is 9.64 Å². The first-order valence-corrected chi connectivity index (χ1v) is 10.1. The van der Waals surface area contributed by atoms with Crippen LogP contribution in [0.1, 0.15) is 18.0 Å². The average Bonchev–Trinajstić information content (AvgIpc) is 2.60. The molecule has 1 unspecified atom stereocenters.